The maximum atomic E-state index is 14.4. The molecule has 0 radical (unpaired) electrons. The van der Waals surface area contributed by atoms with Gasteiger partial charge in [-0.2, -0.15) is 18.3 Å². The zero-order valence-corrected chi connectivity index (χ0v) is 17.0. The van der Waals surface area contributed by atoms with E-state index in [0.29, 0.717) is 10.2 Å². The Morgan fingerprint density at radius 3 is 2.48 bits per heavy atom. The molecule has 0 aliphatic carbocycles. The minimum atomic E-state index is -4.81. The van der Waals surface area contributed by atoms with Crippen molar-refractivity contribution < 1.29 is 22.0 Å². The van der Waals surface area contributed by atoms with Crippen LogP contribution in [0.3, 0.4) is 0 Å². The minimum absolute atomic E-state index is 0.0792. The van der Waals surface area contributed by atoms with Gasteiger partial charge in [-0.05, 0) is 40.8 Å². The van der Waals surface area contributed by atoms with Crippen molar-refractivity contribution in [3.05, 3.63) is 58.0 Å². The molecule has 1 atom stereocenters. The van der Waals surface area contributed by atoms with Gasteiger partial charge in [-0.3, -0.25) is 0 Å². The molecule has 1 unspecified atom stereocenters. The molecule has 3 aromatic rings. The Hall–Kier alpha value is -2.39. The number of pyridine rings is 1. The van der Waals surface area contributed by atoms with Crippen molar-refractivity contribution in [3.8, 4) is 11.3 Å². The van der Waals surface area contributed by atoms with Gasteiger partial charge in [0.05, 0.1) is 17.4 Å². The van der Waals surface area contributed by atoms with E-state index in [2.05, 4.69) is 36.3 Å². The molecule has 0 spiro atoms. The number of rotatable bonds is 2. The van der Waals surface area contributed by atoms with Crippen molar-refractivity contribution in [2.45, 2.75) is 6.18 Å². The van der Waals surface area contributed by atoms with Crippen molar-refractivity contribution in [2.24, 2.45) is 4.99 Å². The molecule has 3 heterocycles. The summed E-state index contributed by atoms with van der Waals surface area (Å²) < 4.78 is 71.3. The molecule has 0 saturated carbocycles. The first-order valence-electron chi connectivity index (χ1n) is 8.04. The molecule has 0 bridgehead atoms. The Morgan fingerprint density at radius 1 is 1.17 bits per heavy atom. The Bertz CT molecular complexity index is 1140. The number of hydrogen-bond donors (Lipinski definition) is 1. The van der Waals surface area contributed by atoms with E-state index >= 15 is 0 Å². The van der Waals surface area contributed by atoms with E-state index < -0.39 is 40.6 Å². The molecule has 0 saturated heterocycles. The second-order valence-electron chi connectivity index (χ2n) is 5.91. The van der Waals surface area contributed by atoms with Crippen LogP contribution in [0.1, 0.15) is 11.3 Å². The summed E-state index contributed by atoms with van der Waals surface area (Å²) in [4.78, 5) is 8.05. The van der Waals surface area contributed by atoms with E-state index in [4.69, 9.17) is 0 Å². The summed E-state index contributed by atoms with van der Waals surface area (Å²) in [5, 5.41) is 6.40. The lowest BCUT2D eigenvalue weighted by Gasteiger charge is -2.13. The van der Waals surface area contributed by atoms with Crippen LogP contribution in [0.4, 0.5) is 33.3 Å². The highest BCUT2D eigenvalue weighted by atomic mass is 79.9. The van der Waals surface area contributed by atoms with Gasteiger partial charge in [-0.15, -0.1) is 0 Å². The minimum Gasteiger partial charge on any atom is -0.338 e. The molecule has 1 aliphatic heterocycles. The van der Waals surface area contributed by atoms with Gasteiger partial charge >= 0.3 is 6.18 Å². The lowest BCUT2D eigenvalue weighted by molar-refractivity contribution is -0.140. The molecule has 2 aromatic heterocycles. The quantitative estimate of drug-likeness (QED) is 0.290. The fraction of sp³-hybridized carbons (Fsp3) is 0.118. The maximum Gasteiger partial charge on any atom is 0.437 e. The summed E-state index contributed by atoms with van der Waals surface area (Å²) in [7, 11) is -0.147. The predicted octanol–water partition coefficient (Wildman–Crippen LogP) is 5.58. The number of alkyl halides is 3. The van der Waals surface area contributed by atoms with Gasteiger partial charge in [-0.1, -0.05) is 6.07 Å². The second-order valence-corrected chi connectivity index (χ2v) is 7.60. The fourth-order valence-electron chi connectivity index (χ4n) is 2.95. The number of aromatic nitrogens is 3. The van der Waals surface area contributed by atoms with E-state index in [1.54, 1.807) is 6.66 Å². The van der Waals surface area contributed by atoms with Gasteiger partial charge in [0.1, 0.15) is 33.5 Å². The summed E-state index contributed by atoms with van der Waals surface area (Å²) in [6.07, 6.45) is -3.47. The molecule has 1 aromatic carbocycles. The SMILES string of the molecule is CPn1nc(C(F)(F)F)c2c1-c1cc(Br)ncc1NC(c1c(F)cccc1F)=N2. The second kappa shape index (κ2) is 7.14. The number of amidine groups is 1. The Kier molecular flexibility index (Phi) is 4.90. The molecule has 4 rings (SSSR count). The van der Waals surface area contributed by atoms with Crippen LogP contribution in [0.5, 0.6) is 0 Å². The van der Waals surface area contributed by atoms with E-state index in [0.717, 1.165) is 18.2 Å². The highest BCUT2D eigenvalue weighted by Gasteiger charge is 2.41. The molecule has 1 N–H and O–H groups in total. The largest absolute Gasteiger partial charge is 0.437 e. The van der Waals surface area contributed by atoms with Gasteiger partial charge in [0, 0.05) is 14.3 Å². The van der Waals surface area contributed by atoms with Gasteiger partial charge in [0.2, 0.25) is 0 Å². The normalized spacial score (nSPS) is 13.7. The van der Waals surface area contributed by atoms with Crippen molar-refractivity contribution in [1.29, 1.82) is 0 Å². The smallest absolute Gasteiger partial charge is 0.338 e. The number of hydrogen-bond acceptors (Lipinski definition) is 4. The summed E-state index contributed by atoms with van der Waals surface area (Å²) in [6, 6.07) is 4.64. The summed E-state index contributed by atoms with van der Waals surface area (Å²) >= 11 is 3.20. The molecule has 150 valence electrons. The first-order valence-corrected chi connectivity index (χ1v) is 10.3. The van der Waals surface area contributed by atoms with Gasteiger partial charge in [0.25, 0.3) is 0 Å². The Morgan fingerprint density at radius 2 is 1.86 bits per heavy atom. The average molecular weight is 490 g/mol. The highest BCUT2D eigenvalue weighted by Crippen LogP contribution is 2.47. The third-order valence-electron chi connectivity index (χ3n) is 4.14. The number of benzene rings is 1. The zero-order valence-electron chi connectivity index (χ0n) is 14.4. The number of halogens is 6. The monoisotopic (exact) mass is 489 g/mol. The molecule has 5 nitrogen and oxygen atoms in total. The van der Waals surface area contributed by atoms with E-state index in [9.17, 15) is 22.0 Å². The van der Waals surface area contributed by atoms with Crippen LogP contribution < -0.4 is 5.32 Å². The Labute approximate surface area is 171 Å². The first kappa shape index (κ1) is 19.9. The van der Waals surface area contributed by atoms with Crippen LogP contribution in [-0.2, 0) is 6.18 Å². The summed E-state index contributed by atoms with van der Waals surface area (Å²) in [5.41, 5.74) is -1.70. The standard InChI is InChI=1S/C17H10BrF5N5P/c1-29-28-14-7-5-11(18)24-6-10(7)25-16(12-8(19)3-2-4-9(12)20)26-13(14)15(27-28)17(21,22)23/h2-6,29H,1H3,(H,25,26). The molecular weight excluding hydrogens is 480 g/mol. The van der Waals surface area contributed by atoms with E-state index in [1.807, 2.05) is 0 Å². The van der Waals surface area contributed by atoms with Crippen molar-refractivity contribution >= 4 is 41.9 Å². The molecule has 29 heavy (non-hydrogen) atoms. The van der Waals surface area contributed by atoms with Gasteiger partial charge in [-0.25, -0.2) is 23.2 Å². The number of aliphatic imine (C=N–C) groups is 1. The van der Waals surface area contributed by atoms with Crippen molar-refractivity contribution in [2.75, 3.05) is 12.0 Å². The van der Waals surface area contributed by atoms with Crippen LogP contribution in [0.15, 0.2) is 40.1 Å². The zero-order chi connectivity index (χ0) is 20.9. The maximum absolute atomic E-state index is 14.4. The first-order chi connectivity index (χ1) is 13.7. The van der Waals surface area contributed by atoms with Crippen LogP contribution in [0.25, 0.3) is 11.3 Å². The Balaban J connectivity index is 2.10. The third kappa shape index (κ3) is 3.42. The molecule has 1 aliphatic rings. The van der Waals surface area contributed by atoms with Crippen LogP contribution in [0.2, 0.25) is 0 Å². The van der Waals surface area contributed by atoms with Gasteiger partial charge < -0.3 is 5.32 Å². The summed E-state index contributed by atoms with van der Waals surface area (Å²) in [6.45, 7) is 1.66. The predicted molar refractivity (Wildman–Crippen MR) is 104 cm³/mol. The number of nitrogens with zero attached hydrogens (tertiary/aromatic N) is 4. The molecule has 12 heteroatoms. The average Bonchev–Trinajstić information content (AvgIpc) is 2.93. The highest BCUT2D eigenvalue weighted by molar-refractivity contribution is 9.10. The fourth-order valence-corrected chi connectivity index (χ4v) is 3.93. The van der Waals surface area contributed by atoms with Crippen LogP contribution >= 0.6 is 24.7 Å². The summed E-state index contributed by atoms with van der Waals surface area (Å²) in [5.74, 6) is -2.34. The van der Waals surface area contributed by atoms with Crippen molar-refractivity contribution in [3.63, 3.8) is 0 Å². The van der Waals surface area contributed by atoms with Crippen LogP contribution in [-0.4, -0.2) is 27.0 Å². The molecular formula is C17H10BrF5N5P. The number of anilines is 1. The van der Waals surface area contributed by atoms with Crippen LogP contribution in [0, 0.1) is 11.6 Å². The molecule has 0 amide bonds. The van der Waals surface area contributed by atoms with Gasteiger partial charge in [0.15, 0.2) is 5.69 Å². The third-order valence-corrected chi connectivity index (χ3v) is 5.32. The molecule has 0 fully saturated rings. The van der Waals surface area contributed by atoms with E-state index in [1.165, 1.54) is 16.7 Å². The van der Waals surface area contributed by atoms with E-state index in [-0.39, 0.29) is 20.1 Å². The van der Waals surface area contributed by atoms with Crippen molar-refractivity contribution in [1.82, 2.24) is 14.5 Å². The lowest BCUT2D eigenvalue weighted by Crippen LogP contribution is -2.17. The number of nitrogens with one attached hydrogen (secondary N) is 1. The number of fused-ring (bicyclic) bond motifs is 3. The lowest BCUT2D eigenvalue weighted by atomic mass is 10.1. The topological polar surface area (TPSA) is 55.1 Å².